The standard InChI is InChI=1S/C11H15F2NO2/c1-15-5-6-16-14-8-9-3-2-4-10(7-9)11(12)13/h2-4,7,11,14H,5-6,8H2,1H3. The van der Waals surface area contributed by atoms with E-state index in [0.29, 0.717) is 19.8 Å². The van der Waals surface area contributed by atoms with E-state index in [1.54, 1.807) is 19.2 Å². The molecule has 1 aromatic rings. The molecule has 0 aliphatic carbocycles. The Morgan fingerprint density at radius 2 is 2.12 bits per heavy atom. The Hall–Kier alpha value is -1.04. The minimum Gasteiger partial charge on any atom is -0.382 e. The number of alkyl halides is 2. The second-order valence-electron chi connectivity index (χ2n) is 3.21. The van der Waals surface area contributed by atoms with Gasteiger partial charge in [0.05, 0.1) is 13.2 Å². The monoisotopic (exact) mass is 231 g/mol. The summed E-state index contributed by atoms with van der Waals surface area (Å²) in [5.74, 6) is 0. The lowest BCUT2D eigenvalue weighted by Gasteiger charge is -2.07. The number of methoxy groups -OCH3 is 1. The summed E-state index contributed by atoms with van der Waals surface area (Å²) in [5, 5.41) is 0. The third kappa shape index (κ3) is 4.65. The average Bonchev–Trinajstić information content (AvgIpc) is 2.29. The smallest absolute Gasteiger partial charge is 0.263 e. The second kappa shape index (κ2) is 7.27. The second-order valence-corrected chi connectivity index (χ2v) is 3.21. The van der Waals surface area contributed by atoms with E-state index in [1.807, 2.05) is 0 Å². The Balaban J connectivity index is 2.33. The highest BCUT2D eigenvalue weighted by Crippen LogP contribution is 2.19. The molecule has 90 valence electrons. The van der Waals surface area contributed by atoms with Crippen LogP contribution in [-0.2, 0) is 16.1 Å². The topological polar surface area (TPSA) is 30.5 Å². The molecule has 0 amide bonds. The summed E-state index contributed by atoms with van der Waals surface area (Å²) in [5.41, 5.74) is 3.46. The van der Waals surface area contributed by atoms with Gasteiger partial charge in [-0.1, -0.05) is 18.2 Å². The first kappa shape index (κ1) is 13.0. The minimum atomic E-state index is -2.44. The minimum absolute atomic E-state index is 0.0243. The van der Waals surface area contributed by atoms with Crippen molar-refractivity contribution in [2.75, 3.05) is 20.3 Å². The quantitative estimate of drug-likeness (QED) is 0.577. The molecular formula is C11H15F2NO2. The van der Waals surface area contributed by atoms with Gasteiger partial charge in [-0.25, -0.2) is 8.78 Å². The van der Waals surface area contributed by atoms with Gasteiger partial charge in [-0.05, 0) is 11.6 Å². The zero-order valence-corrected chi connectivity index (χ0v) is 9.08. The van der Waals surface area contributed by atoms with Crippen molar-refractivity contribution in [3.8, 4) is 0 Å². The van der Waals surface area contributed by atoms with Gasteiger partial charge in [0.2, 0.25) is 0 Å². The van der Waals surface area contributed by atoms with Gasteiger partial charge in [-0.3, -0.25) is 4.84 Å². The highest BCUT2D eigenvalue weighted by Gasteiger charge is 2.06. The third-order valence-corrected chi connectivity index (χ3v) is 1.97. The zero-order chi connectivity index (χ0) is 11.8. The van der Waals surface area contributed by atoms with Gasteiger partial charge in [-0.15, -0.1) is 0 Å². The van der Waals surface area contributed by atoms with Crippen LogP contribution in [0.1, 0.15) is 17.6 Å². The molecule has 0 atom stereocenters. The fourth-order valence-corrected chi connectivity index (χ4v) is 1.17. The van der Waals surface area contributed by atoms with E-state index in [-0.39, 0.29) is 5.56 Å². The van der Waals surface area contributed by atoms with Gasteiger partial charge in [-0.2, -0.15) is 5.48 Å². The number of ether oxygens (including phenoxy) is 1. The third-order valence-electron chi connectivity index (χ3n) is 1.97. The van der Waals surface area contributed by atoms with Crippen molar-refractivity contribution in [3.63, 3.8) is 0 Å². The van der Waals surface area contributed by atoms with Gasteiger partial charge >= 0.3 is 0 Å². The average molecular weight is 231 g/mol. The number of benzene rings is 1. The van der Waals surface area contributed by atoms with Crippen LogP contribution in [0.4, 0.5) is 8.78 Å². The van der Waals surface area contributed by atoms with Gasteiger partial charge < -0.3 is 4.74 Å². The van der Waals surface area contributed by atoms with Crippen LogP contribution < -0.4 is 5.48 Å². The number of hydroxylamine groups is 1. The summed E-state index contributed by atoms with van der Waals surface area (Å²) >= 11 is 0. The van der Waals surface area contributed by atoms with Crippen molar-refractivity contribution in [3.05, 3.63) is 35.4 Å². The number of nitrogens with one attached hydrogen (secondary N) is 1. The molecule has 0 saturated carbocycles. The molecular weight excluding hydrogens is 216 g/mol. The van der Waals surface area contributed by atoms with E-state index < -0.39 is 6.43 Å². The molecule has 0 unspecified atom stereocenters. The molecule has 0 bridgehead atoms. The van der Waals surface area contributed by atoms with E-state index in [1.165, 1.54) is 12.1 Å². The Kier molecular flexibility index (Phi) is 5.92. The highest BCUT2D eigenvalue weighted by atomic mass is 19.3. The Morgan fingerprint density at radius 3 is 2.81 bits per heavy atom. The molecule has 3 nitrogen and oxygen atoms in total. The summed E-state index contributed by atoms with van der Waals surface area (Å²) in [6.45, 7) is 1.30. The summed E-state index contributed by atoms with van der Waals surface area (Å²) < 4.78 is 29.5. The lowest BCUT2D eigenvalue weighted by molar-refractivity contribution is 0.00343. The van der Waals surface area contributed by atoms with Crippen LogP contribution in [0, 0.1) is 0 Å². The fourth-order valence-electron chi connectivity index (χ4n) is 1.17. The van der Waals surface area contributed by atoms with Crippen LogP contribution in [0.5, 0.6) is 0 Å². The lowest BCUT2D eigenvalue weighted by atomic mass is 10.1. The first-order valence-corrected chi connectivity index (χ1v) is 4.94. The molecule has 0 fully saturated rings. The lowest BCUT2D eigenvalue weighted by Crippen LogP contribution is -2.17. The molecule has 0 heterocycles. The van der Waals surface area contributed by atoms with Gasteiger partial charge in [0.25, 0.3) is 6.43 Å². The molecule has 5 heteroatoms. The normalized spacial score (nSPS) is 11.0. The van der Waals surface area contributed by atoms with Crippen molar-refractivity contribution >= 4 is 0 Å². The van der Waals surface area contributed by atoms with E-state index in [0.717, 1.165) is 5.56 Å². The van der Waals surface area contributed by atoms with Crippen LogP contribution in [0.3, 0.4) is 0 Å². The van der Waals surface area contributed by atoms with Gasteiger partial charge in [0, 0.05) is 19.2 Å². The molecule has 1 aromatic carbocycles. The summed E-state index contributed by atoms with van der Waals surface area (Å²) in [7, 11) is 1.58. The van der Waals surface area contributed by atoms with Crippen LogP contribution in [0.25, 0.3) is 0 Å². The van der Waals surface area contributed by atoms with E-state index in [4.69, 9.17) is 9.57 Å². The number of hydrogen-bond acceptors (Lipinski definition) is 3. The van der Waals surface area contributed by atoms with Crippen molar-refractivity contribution in [1.29, 1.82) is 0 Å². The van der Waals surface area contributed by atoms with E-state index in [2.05, 4.69) is 5.48 Å². The Labute approximate surface area is 93.3 Å². The summed E-state index contributed by atoms with van der Waals surface area (Å²) in [6, 6.07) is 6.23. The summed E-state index contributed by atoms with van der Waals surface area (Å²) in [4.78, 5) is 5.02. The van der Waals surface area contributed by atoms with Crippen LogP contribution in [-0.4, -0.2) is 20.3 Å². The number of rotatable bonds is 7. The highest BCUT2D eigenvalue weighted by molar-refractivity contribution is 5.23. The fraction of sp³-hybridized carbons (Fsp3) is 0.455. The molecule has 0 radical (unpaired) electrons. The largest absolute Gasteiger partial charge is 0.382 e. The Bertz CT molecular complexity index is 308. The van der Waals surface area contributed by atoms with Gasteiger partial charge in [0.1, 0.15) is 0 Å². The SMILES string of the molecule is COCCONCc1cccc(C(F)F)c1. The molecule has 0 saturated heterocycles. The van der Waals surface area contributed by atoms with Crippen molar-refractivity contribution in [2.45, 2.75) is 13.0 Å². The first-order chi connectivity index (χ1) is 7.74. The maximum Gasteiger partial charge on any atom is 0.263 e. The number of halogens is 2. The molecule has 16 heavy (non-hydrogen) atoms. The zero-order valence-electron chi connectivity index (χ0n) is 9.08. The predicted octanol–water partition coefficient (Wildman–Crippen LogP) is 2.29. The van der Waals surface area contributed by atoms with E-state index >= 15 is 0 Å². The van der Waals surface area contributed by atoms with Crippen molar-refractivity contribution in [2.24, 2.45) is 0 Å². The van der Waals surface area contributed by atoms with Crippen LogP contribution in [0.15, 0.2) is 24.3 Å². The van der Waals surface area contributed by atoms with Gasteiger partial charge in [0.15, 0.2) is 0 Å². The molecule has 0 aliphatic heterocycles. The molecule has 1 rings (SSSR count). The van der Waals surface area contributed by atoms with Crippen LogP contribution in [0.2, 0.25) is 0 Å². The van der Waals surface area contributed by atoms with Crippen molar-refractivity contribution in [1.82, 2.24) is 5.48 Å². The Morgan fingerprint density at radius 1 is 1.31 bits per heavy atom. The molecule has 0 aromatic heterocycles. The maximum absolute atomic E-state index is 12.4. The van der Waals surface area contributed by atoms with Crippen LogP contribution >= 0.6 is 0 Å². The van der Waals surface area contributed by atoms with Crippen molar-refractivity contribution < 1.29 is 18.4 Å². The maximum atomic E-state index is 12.4. The summed E-state index contributed by atoms with van der Waals surface area (Å²) in [6.07, 6.45) is -2.44. The predicted molar refractivity (Wildman–Crippen MR) is 56.1 cm³/mol. The number of hydrogen-bond donors (Lipinski definition) is 1. The molecule has 0 aliphatic rings. The first-order valence-electron chi connectivity index (χ1n) is 4.94. The van der Waals surface area contributed by atoms with E-state index in [9.17, 15) is 8.78 Å². The molecule has 1 N–H and O–H groups in total. The molecule has 0 spiro atoms.